The minimum Gasteiger partial charge on any atom is -0.388 e. The zero-order chi connectivity index (χ0) is 39.0. The van der Waals surface area contributed by atoms with Crippen molar-refractivity contribution in [1.82, 2.24) is 29.5 Å². The standard InChI is InChI=1S/C40H55N7O8/c1-30(32-6-4-3-5-7-32)26-35(49)46-16-13-40(51,14-17-46)28-47-29-43-36-37(39(47)50)44-45(2)38(36)33-10-8-31(9-11-33)27-42-34(48)12-18-52-20-22-54-24-25-55-23-21-53-19-15-41/h3-11,29-30,51H,12-28,41H2,1-2H3,(H,42,48)/t30-/m1/s1. The van der Waals surface area contributed by atoms with E-state index in [1.807, 2.05) is 61.5 Å². The summed E-state index contributed by atoms with van der Waals surface area (Å²) in [5.41, 5.74) is 8.09. The molecule has 55 heavy (non-hydrogen) atoms. The molecule has 15 heteroatoms. The van der Waals surface area contributed by atoms with Crippen molar-refractivity contribution in [3.8, 4) is 11.3 Å². The minimum atomic E-state index is -1.15. The second-order valence-corrected chi connectivity index (χ2v) is 13.9. The van der Waals surface area contributed by atoms with Gasteiger partial charge in [0, 0.05) is 51.6 Å². The zero-order valence-electron chi connectivity index (χ0n) is 32.0. The number of aromatic nitrogens is 4. The first-order chi connectivity index (χ1) is 26.7. The topological polar surface area (TPSA) is 185 Å². The summed E-state index contributed by atoms with van der Waals surface area (Å²) in [6, 6.07) is 17.6. The van der Waals surface area contributed by atoms with Crippen LogP contribution in [0.3, 0.4) is 0 Å². The second kappa shape index (κ2) is 21.0. The smallest absolute Gasteiger partial charge is 0.281 e. The van der Waals surface area contributed by atoms with E-state index in [-0.39, 0.29) is 41.8 Å². The number of aliphatic hydroxyl groups is 1. The number of hydrogen-bond acceptors (Lipinski definition) is 11. The number of nitrogens with zero attached hydrogens (tertiary/aromatic N) is 5. The van der Waals surface area contributed by atoms with E-state index in [2.05, 4.69) is 15.4 Å². The monoisotopic (exact) mass is 761 g/mol. The van der Waals surface area contributed by atoms with Gasteiger partial charge in [0.1, 0.15) is 5.52 Å². The first-order valence-electron chi connectivity index (χ1n) is 19.0. The Morgan fingerprint density at radius 1 is 0.891 bits per heavy atom. The summed E-state index contributed by atoms with van der Waals surface area (Å²) < 4.78 is 24.6. The molecular weight excluding hydrogens is 706 g/mol. The van der Waals surface area contributed by atoms with Gasteiger partial charge < -0.3 is 40.0 Å². The summed E-state index contributed by atoms with van der Waals surface area (Å²) in [5, 5.41) is 18.9. The number of nitrogens with two attached hydrogens (primary N) is 1. The van der Waals surface area contributed by atoms with Gasteiger partial charge >= 0.3 is 0 Å². The van der Waals surface area contributed by atoms with Crippen molar-refractivity contribution in [1.29, 1.82) is 0 Å². The molecule has 4 N–H and O–H groups in total. The Kier molecular flexibility index (Phi) is 15.9. The van der Waals surface area contributed by atoms with Crippen LogP contribution in [0.25, 0.3) is 22.3 Å². The molecule has 1 saturated heterocycles. The Bertz CT molecular complexity index is 1860. The van der Waals surface area contributed by atoms with Crippen LogP contribution in [0, 0.1) is 0 Å². The third kappa shape index (κ3) is 12.2. The molecule has 0 bridgehead atoms. The molecule has 2 aromatic carbocycles. The second-order valence-electron chi connectivity index (χ2n) is 13.9. The molecule has 1 aliphatic heterocycles. The highest BCUT2D eigenvalue weighted by Crippen LogP contribution is 2.28. The van der Waals surface area contributed by atoms with Crippen LogP contribution in [0.5, 0.6) is 0 Å². The van der Waals surface area contributed by atoms with Gasteiger partial charge in [0.25, 0.3) is 5.56 Å². The lowest BCUT2D eigenvalue weighted by Gasteiger charge is -2.38. The number of nitrogens with one attached hydrogen (secondary N) is 1. The summed E-state index contributed by atoms with van der Waals surface area (Å²) in [6.45, 7) is 7.37. The number of ether oxygens (including phenoxy) is 4. The van der Waals surface area contributed by atoms with Gasteiger partial charge in [0.15, 0.2) is 5.52 Å². The van der Waals surface area contributed by atoms with Crippen molar-refractivity contribution in [2.75, 3.05) is 72.5 Å². The number of amides is 2. The molecule has 0 aliphatic carbocycles. The van der Waals surface area contributed by atoms with Gasteiger partial charge in [-0.25, -0.2) is 4.98 Å². The van der Waals surface area contributed by atoms with Crippen LogP contribution < -0.4 is 16.6 Å². The van der Waals surface area contributed by atoms with Crippen LogP contribution in [0.2, 0.25) is 0 Å². The van der Waals surface area contributed by atoms with Crippen molar-refractivity contribution >= 4 is 22.8 Å². The van der Waals surface area contributed by atoms with Gasteiger partial charge in [0.2, 0.25) is 11.8 Å². The molecule has 298 valence electrons. The Labute approximate surface area is 321 Å². The van der Waals surface area contributed by atoms with Gasteiger partial charge in [-0.2, -0.15) is 5.10 Å². The van der Waals surface area contributed by atoms with Crippen molar-refractivity contribution in [2.24, 2.45) is 12.8 Å². The van der Waals surface area contributed by atoms with Crippen LogP contribution in [-0.4, -0.2) is 119 Å². The zero-order valence-corrected chi connectivity index (χ0v) is 32.0. The van der Waals surface area contributed by atoms with Gasteiger partial charge in [-0.3, -0.25) is 23.6 Å². The van der Waals surface area contributed by atoms with Gasteiger partial charge in [-0.05, 0) is 29.9 Å². The van der Waals surface area contributed by atoms with Gasteiger partial charge in [-0.15, -0.1) is 0 Å². The number of piperidine rings is 1. The number of carbonyl (C=O) groups excluding carboxylic acids is 2. The number of benzene rings is 2. The summed E-state index contributed by atoms with van der Waals surface area (Å²) in [7, 11) is 1.76. The number of hydrogen-bond donors (Lipinski definition) is 3. The number of carbonyl (C=O) groups is 2. The predicted molar refractivity (Wildman–Crippen MR) is 207 cm³/mol. The van der Waals surface area contributed by atoms with Gasteiger partial charge in [-0.1, -0.05) is 61.5 Å². The maximum absolute atomic E-state index is 13.6. The molecule has 1 aliphatic rings. The van der Waals surface area contributed by atoms with Gasteiger partial charge in [0.05, 0.1) is 77.0 Å². The van der Waals surface area contributed by atoms with E-state index in [1.165, 1.54) is 10.9 Å². The maximum atomic E-state index is 13.6. The van der Waals surface area contributed by atoms with E-state index in [1.54, 1.807) is 16.6 Å². The molecule has 0 radical (unpaired) electrons. The van der Waals surface area contributed by atoms with E-state index >= 15 is 0 Å². The maximum Gasteiger partial charge on any atom is 0.281 e. The summed E-state index contributed by atoms with van der Waals surface area (Å²) in [5.74, 6) is 0.0480. The Morgan fingerprint density at radius 2 is 1.51 bits per heavy atom. The van der Waals surface area contributed by atoms with E-state index in [0.29, 0.717) is 110 Å². The SMILES string of the molecule is C[C@H](CC(=O)N1CCC(O)(Cn2cnc3c(-c4ccc(CNC(=O)CCOCCOCCOCCOCCN)cc4)n(C)nc3c2=O)CC1)c1ccccc1. The quantitative estimate of drug-likeness (QED) is 0.1000. The predicted octanol–water partition coefficient (Wildman–Crippen LogP) is 2.38. The fraction of sp³-hybridized carbons (Fsp3) is 0.525. The molecule has 3 heterocycles. The first kappa shape index (κ1) is 41.6. The van der Waals surface area contributed by atoms with E-state index in [9.17, 15) is 19.5 Å². The van der Waals surface area contributed by atoms with Crippen molar-refractivity contribution in [3.63, 3.8) is 0 Å². The molecule has 0 unspecified atom stereocenters. The molecule has 0 saturated carbocycles. The van der Waals surface area contributed by atoms with Crippen LogP contribution in [0.15, 0.2) is 65.7 Å². The average molecular weight is 762 g/mol. The average Bonchev–Trinajstić information content (AvgIpc) is 3.54. The summed E-state index contributed by atoms with van der Waals surface area (Å²) in [6.07, 6.45) is 2.82. The molecule has 5 rings (SSSR count). The van der Waals surface area contributed by atoms with Crippen LogP contribution >= 0.6 is 0 Å². The first-order valence-corrected chi connectivity index (χ1v) is 19.0. The molecule has 1 fully saturated rings. The molecule has 1 atom stereocenters. The summed E-state index contributed by atoms with van der Waals surface area (Å²) >= 11 is 0. The highest BCUT2D eigenvalue weighted by molar-refractivity contribution is 5.89. The highest BCUT2D eigenvalue weighted by Gasteiger charge is 2.35. The molecule has 15 nitrogen and oxygen atoms in total. The van der Waals surface area contributed by atoms with Crippen LogP contribution in [0.1, 0.15) is 49.7 Å². The molecular formula is C40H55N7O8. The Balaban J connectivity index is 1.04. The van der Waals surface area contributed by atoms with Crippen molar-refractivity contribution in [3.05, 3.63) is 82.4 Å². The van der Waals surface area contributed by atoms with E-state index in [0.717, 1.165) is 16.7 Å². The number of fused-ring (bicyclic) bond motifs is 1. The third-order valence-corrected chi connectivity index (χ3v) is 9.74. The number of rotatable bonds is 22. The largest absolute Gasteiger partial charge is 0.388 e. The fourth-order valence-electron chi connectivity index (χ4n) is 6.55. The number of likely N-dealkylation sites (tertiary alicyclic amines) is 1. The van der Waals surface area contributed by atoms with E-state index in [4.69, 9.17) is 24.7 Å². The highest BCUT2D eigenvalue weighted by atomic mass is 16.6. The fourth-order valence-corrected chi connectivity index (χ4v) is 6.55. The lowest BCUT2D eigenvalue weighted by atomic mass is 9.90. The molecule has 2 aromatic heterocycles. The van der Waals surface area contributed by atoms with Crippen molar-refractivity contribution in [2.45, 2.75) is 57.2 Å². The normalized spacial score (nSPS) is 14.7. The van der Waals surface area contributed by atoms with Crippen LogP contribution in [-0.2, 0) is 48.7 Å². The van der Waals surface area contributed by atoms with Crippen LogP contribution in [0.4, 0.5) is 0 Å². The molecule has 2 amide bonds. The number of aryl methyl sites for hydroxylation is 1. The van der Waals surface area contributed by atoms with E-state index < -0.39 is 5.60 Å². The summed E-state index contributed by atoms with van der Waals surface area (Å²) in [4.78, 5) is 45.4. The lowest BCUT2D eigenvalue weighted by Crippen LogP contribution is -2.49. The Morgan fingerprint density at radius 3 is 2.15 bits per heavy atom. The Hall–Kier alpha value is -4.51. The van der Waals surface area contributed by atoms with Crippen molar-refractivity contribution < 1.29 is 33.6 Å². The molecule has 4 aromatic rings. The molecule has 0 spiro atoms. The minimum absolute atomic E-state index is 0.0630. The lowest BCUT2D eigenvalue weighted by molar-refractivity contribution is -0.136. The third-order valence-electron chi connectivity index (χ3n) is 9.74.